The smallest absolute Gasteiger partial charge is 0.0793 e. The second-order valence-corrected chi connectivity index (χ2v) is 4.68. The van der Waals surface area contributed by atoms with Gasteiger partial charge in [0.25, 0.3) is 0 Å². The van der Waals surface area contributed by atoms with Crippen LogP contribution in [-0.4, -0.2) is 91.8 Å². The number of halogens is 3. The Morgan fingerprint density at radius 2 is 1.60 bits per heavy atom. The Morgan fingerprint density at radius 3 is 2.10 bits per heavy atom. The minimum atomic E-state index is -0.518. The first-order chi connectivity index (χ1) is 8.11. The van der Waals surface area contributed by atoms with E-state index in [1.807, 2.05) is 11.9 Å². The van der Waals surface area contributed by atoms with E-state index in [4.69, 9.17) is 10.5 Å². The molecule has 1 heterocycles. The van der Waals surface area contributed by atoms with Crippen molar-refractivity contribution in [3.8, 4) is 0 Å². The molecule has 2 atom stereocenters. The highest BCUT2D eigenvalue weighted by molar-refractivity contribution is 5.86. The van der Waals surface area contributed by atoms with E-state index in [1.54, 1.807) is 0 Å². The van der Waals surface area contributed by atoms with Crippen LogP contribution in [0.25, 0.3) is 0 Å². The van der Waals surface area contributed by atoms with Gasteiger partial charge in [0.2, 0.25) is 0 Å². The fourth-order valence-corrected chi connectivity index (χ4v) is 2.01. The molecule has 4 N–H and O–H groups in total. The Bertz CT molecular complexity index is 213. The number of hydrogen-bond acceptors (Lipinski definition) is 6. The van der Waals surface area contributed by atoms with Crippen molar-refractivity contribution in [3.63, 3.8) is 0 Å². The third-order valence-corrected chi connectivity index (χ3v) is 2.89. The highest BCUT2D eigenvalue weighted by Crippen LogP contribution is 2.00. The lowest BCUT2D eigenvalue weighted by Crippen LogP contribution is -2.45. The molecule has 0 spiro atoms. The minimum Gasteiger partial charge on any atom is -0.390 e. The molecule has 1 saturated heterocycles. The maximum Gasteiger partial charge on any atom is 0.0793 e. The van der Waals surface area contributed by atoms with Crippen LogP contribution in [0.15, 0.2) is 0 Å². The lowest BCUT2D eigenvalue weighted by molar-refractivity contribution is 0.00601. The van der Waals surface area contributed by atoms with Crippen molar-refractivity contribution in [2.45, 2.75) is 12.2 Å². The van der Waals surface area contributed by atoms with Crippen LogP contribution in [-0.2, 0) is 4.74 Å². The molecule has 1 aliphatic heterocycles. The summed E-state index contributed by atoms with van der Waals surface area (Å²) in [6.07, 6.45) is -0.918. The first-order valence-electron chi connectivity index (χ1n) is 6.16. The number of rotatable bonds is 7. The zero-order valence-electron chi connectivity index (χ0n) is 11.8. The van der Waals surface area contributed by atoms with Crippen molar-refractivity contribution < 1.29 is 14.9 Å². The van der Waals surface area contributed by atoms with Gasteiger partial charge in [0.15, 0.2) is 0 Å². The average molecular weight is 357 g/mol. The summed E-state index contributed by atoms with van der Waals surface area (Å²) < 4.78 is 5.25. The summed E-state index contributed by atoms with van der Waals surface area (Å²) >= 11 is 0. The number of ether oxygens (including phenoxy) is 1. The van der Waals surface area contributed by atoms with Crippen LogP contribution in [0.3, 0.4) is 0 Å². The van der Waals surface area contributed by atoms with E-state index >= 15 is 0 Å². The Labute approximate surface area is 139 Å². The molecule has 0 aromatic rings. The van der Waals surface area contributed by atoms with Crippen molar-refractivity contribution in [1.82, 2.24) is 9.80 Å². The maximum atomic E-state index is 9.92. The van der Waals surface area contributed by atoms with E-state index in [0.717, 1.165) is 26.3 Å². The normalized spacial score (nSPS) is 18.4. The fourth-order valence-electron chi connectivity index (χ4n) is 2.01. The first-order valence-corrected chi connectivity index (χ1v) is 6.16. The second-order valence-electron chi connectivity index (χ2n) is 4.68. The van der Waals surface area contributed by atoms with Crippen molar-refractivity contribution >= 4 is 37.2 Å². The molecule has 0 bridgehead atoms. The third-order valence-electron chi connectivity index (χ3n) is 2.89. The molecule has 0 radical (unpaired) electrons. The van der Waals surface area contributed by atoms with Gasteiger partial charge in [0.1, 0.15) is 0 Å². The molecule has 1 aliphatic rings. The molecule has 20 heavy (non-hydrogen) atoms. The Morgan fingerprint density at radius 1 is 1.10 bits per heavy atom. The lowest BCUT2D eigenvalue weighted by Gasteiger charge is -2.30. The molecule has 0 aromatic heterocycles. The van der Waals surface area contributed by atoms with Gasteiger partial charge in [-0.3, -0.25) is 4.90 Å². The summed E-state index contributed by atoms with van der Waals surface area (Å²) in [4.78, 5) is 4.10. The summed E-state index contributed by atoms with van der Waals surface area (Å²) in [5.74, 6) is 0. The van der Waals surface area contributed by atoms with Gasteiger partial charge in [-0.1, -0.05) is 0 Å². The topological polar surface area (TPSA) is 82.2 Å². The third kappa shape index (κ3) is 11.3. The van der Waals surface area contributed by atoms with Gasteiger partial charge in [0.05, 0.1) is 25.4 Å². The molecule has 2 unspecified atom stereocenters. The highest BCUT2D eigenvalue weighted by atomic mass is 35.5. The van der Waals surface area contributed by atoms with Crippen LogP contribution in [0.4, 0.5) is 0 Å². The Kier molecular flexibility index (Phi) is 18.6. The van der Waals surface area contributed by atoms with E-state index in [0.29, 0.717) is 19.6 Å². The van der Waals surface area contributed by atoms with Crippen molar-refractivity contribution in [1.29, 1.82) is 0 Å². The van der Waals surface area contributed by atoms with Gasteiger partial charge in [-0.15, -0.1) is 37.2 Å². The van der Waals surface area contributed by atoms with Crippen LogP contribution in [0.1, 0.15) is 0 Å². The molecular weight excluding hydrogens is 328 g/mol. The zero-order chi connectivity index (χ0) is 12.7. The van der Waals surface area contributed by atoms with Gasteiger partial charge < -0.3 is 25.6 Å². The standard InChI is InChI=1S/C11H25N3O3.3ClH/c1-13(7-10(15)6-12)8-11(16)9-14-2-4-17-5-3-14;;;/h10-11,15-16H,2-9,12H2,1H3;3*1H. The summed E-state index contributed by atoms with van der Waals surface area (Å²) in [6.45, 7) is 5.21. The quantitative estimate of drug-likeness (QED) is 0.554. The fraction of sp³-hybridized carbons (Fsp3) is 1.00. The minimum absolute atomic E-state index is 0. The molecule has 1 fully saturated rings. The molecule has 0 aliphatic carbocycles. The maximum absolute atomic E-state index is 9.92. The molecule has 0 aromatic carbocycles. The van der Waals surface area contributed by atoms with Crippen LogP contribution >= 0.6 is 37.2 Å². The number of aliphatic hydroxyl groups excluding tert-OH is 2. The van der Waals surface area contributed by atoms with Crippen LogP contribution < -0.4 is 5.73 Å². The van der Waals surface area contributed by atoms with E-state index < -0.39 is 12.2 Å². The Balaban J connectivity index is -0.000000963. The van der Waals surface area contributed by atoms with Crippen molar-refractivity contribution in [3.05, 3.63) is 0 Å². The predicted molar refractivity (Wildman–Crippen MR) is 87.6 cm³/mol. The highest BCUT2D eigenvalue weighted by Gasteiger charge is 2.16. The number of β-amino-alcohol motifs (C(OH)–C–C–N with tert-alkyl or cyclic N) is 1. The zero-order valence-corrected chi connectivity index (χ0v) is 14.3. The van der Waals surface area contributed by atoms with Crippen molar-refractivity contribution in [2.24, 2.45) is 5.73 Å². The summed E-state index contributed by atoms with van der Waals surface area (Å²) in [6, 6.07) is 0. The van der Waals surface area contributed by atoms with E-state index in [2.05, 4.69) is 4.90 Å². The number of nitrogens with zero attached hydrogens (tertiary/aromatic N) is 2. The molecule has 0 saturated carbocycles. The van der Waals surface area contributed by atoms with E-state index in [1.165, 1.54) is 0 Å². The number of nitrogens with two attached hydrogens (primary N) is 1. The predicted octanol–water partition coefficient (Wildman–Crippen LogP) is -0.804. The molecule has 6 nitrogen and oxygen atoms in total. The molecule has 9 heteroatoms. The summed E-state index contributed by atoms with van der Waals surface area (Å²) in [5, 5.41) is 19.3. The number of hydrogen-bond donors (Lipinski definition) is 3. The van der Waals surface area contributed by atoms with Gasteiger partial charge >= 0.3 is 0 Å². The largest absolute Gasteiger partial charge is 0.390 e. The van der Waals surface area contributed by atoms with Crippen molar-refractivity contribution in [2.75, 3.05) is 59.5 Å². The number of aliphatic hydroxyl groups is 2. The monoisotopic (exact) mass is 355 g/mol. The molecule has 1 rings (SSSR count). The lowest BCUT2D eigenvalue weighted by atomic mass is 10.2. The second kappa shape index (κ2) is 14.6. The van der Waals surface area contributed by atoms with Crippen LogP contribution in [0.5, 0.6) is 0 Å². The van der Waals surface area contributed by atoms with Gasteiger partial charge in [-0.2, -0.15) is 0 Å². The molecule has 126 valence electrons. The first kappa shape index (κ1) is 25.6. The van der Waals surface area contributed by atoms with Gasteiger partial charge in [-0.25, -0.2) is 0 Å². The van der Waals surface area contributed by atoms with Gasteiger partial charge in [-0.05, 0) is 7.05 Å². The van der Waals surface area contributed by atoms with Crippen LogP contribution in [0, 0.1) is 0 Å². The number of likely N-dealkylation sites (N-methyl/N-ethyl adjacent to an activating group) is 1. The Hall–Kier alpha value is 0.630. The summed E-state index contributed by atoms with van der Waals surface area (Å²) in [5.41, 5.74) is 5.34. The van der Waals surface area contributed by atoms with Gasteiger partial charge in [0, 0.05) is 39.3 Å². The van der Waals surface area contributed by atoms with Crippen LogP contribution in [0.2, 0.25) is 0 Å². The van der Waals surface area contributed by atoms with E-state index in [-0.39, 0.29) is 43.8 Å². The molecular formula is C11H28Cl3N3O3. The SMILES string of the molecule is CN(CC(O)CN)CC(O)CN1CCOCC1.Cl.Cl.Cl. The average Bonchev–Trinajstić information content (AvgIpc) is 2.29. The van der Waals surface area contributed by atoms with E-state index in [9.17, 15) is 10.2 Å². The summed E-state index contributed by atoms with van der Waals surface area (Å²) in [7, 11) is 1.88. The molecule has 0 amide bonds. The number of morpholine rings is 1.